The van der Waals surface area contributed by atoms with Crippen molar-refractivity contribution in [1.29, 1.82) is 0 Å². The zero-order valence-corrected chi connectivity index (χ0v) is 14.1. The quantitative estimate of drug-likeness (QED) is 0.240. The molecular formula is CH3Na3O8S. The van der Waals surface area contributed by atoms with Crippen molar-refractivity contribution >= 4 is 16.6 Å². The second-order valence-electron chi connectivity index (χ2n) is 0.694. The predicted octanol–water partition coefficient (Wildman–Crippen LogP) is -11.3. The van der Waals surface area contributed by atoms with E-state index in [2.05, 4.69) is 0 Å². The summed E-state index contributed by atoms with van der Waals surface area (Å²) in [6, 6.07) is 0. The predicted molar refractivity (Wildman–Crippen MR) is 22.3 cm³/mol. The maximum atomic E-state index is 8.63. The maximum absolute atomic E-state index is 8.63. The van der Waals surface area contributed by atoms with Crippen molar-refractivity contribution in [2.75, 3.05) is 0 Å². The van der Waals surface area contributed by atoms with E-state index in [1.807, 2.05) is 0 Å². The SMILES string of the molecule is O=C([O-])O.O=S(=O)([O-])O.[Na+].[Na+].[Na+].[OH-]. The van der Waals surface area contributed by atoms with E-state index in [0.29, 0.717) is 0 Å². The summed E-state index contributed by atoms with van der Waals surface area (Å²) in [5, 5.41) is 15.3. The van der Waals surface area contributed by atoms with E-state index in [1.165, 1.54) is 0 Å². The molecule has 0 atom stereocenters. The molecule has 3 N–H and O–H groups in total. The molecule has 0 aromatic rings. The average molecular weight is 244 g/mol. The molecule has 0 amide bonds. The van der Waals surface area contributed by atoms with Gasteiger partial charge in [-0.25, -0.2) is 8.42 Å². The Bertz CT molecular complexity index is 162. The molecule has 0 heterocycles. The summed E-state index contributed by atoms with van der Waals surface area (Å²) >= 11 is 0. The summed E-state index contributed by atoms with van der Waals surface area (Å²) in [5.41, 5.74) is 0. The van der Waals surface area contributed by atoms with Gasteiger partial charge in [0.1, 0.15) is 0 Å². The largest absolute Gasteiger partial charge is 1.00 e. The van der Waals surface area contributed by atoms with Crippen LogP contribution in [0.3, 0.4) is 0 Å². The summed E-state index contributed by atoms with van der Waals surface area (Å²) in [4.78, 5) is 8.44. The molecule has 8 nitrogen and oxygen atoms in total. The summed E-state index contributed by atoms with van der Waals surface area (Å²) < 4.78 is 32.8. The summed E-state index contributed by atoms with van der Waals surface area (Å²) in [7, 11) is -4.92. The molecule has 0 saturated heterocycles. The van der Waals surface area contributed by atoms with E-state index in [-0.39, 0.29) is 94.1 Å². The first kappa shape index (κ1) is 36.3. The molecule has 0 aromatic carbocycles. The van der Waals surface area contributed by atoms with Crippen molar-refractivity contribution in [1.82, 2.24) is 0 Å². The normalized spacial score (nSPS) is 6.31. The van der Waals surface area contributed by atoms with Crippen LogP contribution in [-0.2, 0) is 10.4 Å². The number of carboxylic acid groups (broad SMARTS) is 2. The fourth-order valence-corrected chi connectivity index (χ4v) is 0. The number of hydrogen-bond acceptors (Lipinski definition) is 6. The van der Waals surface area contributed by atoms with Gasteiger partial charge in [0.15, 0.2) is 0 Å². The van der Waals surface area contributed by atoms with Gasteiger partial charge in [0.2, 0.25) is 16.6 Å². The fourth-order valence-electron chi connectivity index (χ4n) is 0. The van der Waals surface area contributed by atoms with Crippen LogP contribution >= 0.6 is 0 Å². The molecule has 0 spiro atoms. The van der Waals surface area contributed by atoms with Crippen molar-refractivity contribution < 1.29 is 127 Å². The van der Waals surface area contributed by atoms with E-state index in [1.54, 1.807) is 0 Å². The molecular weight excluding hydrogens is 241 g/mol. The molecule has 0 aliphatic carbocycles. The van der Waals surface area contributed by atoms with E-state index < -0.39 is 16.6 Å². The van der Waals surface area contributed by atoms with Crippen LogP contribution in [0.4, 0.5) is 4.79 Å². The first-order valence-electron chi connectivity index (χ1n) is 1.31. The van der Waals surface area contributed by atoms with E-state index in [9.17, 15) is 0 Å². The molecule has 0 bridgehead atoms. The van der Waals surface area contributed by atoms with Crippen LogP contribution in [0.5, 0.6) is 0 Å². The van der Waals surface area contributed by atoms with E-state index in [4.69, 9.17) is 32.5 Å². The maximum Gasteiger partial charge on any atom is 1.00 e. The number of rotatable bonds is 0. The zero-order valence-electron chi connectivity index (χ0n) is 7.29. The van der Waals surface area contributed by atoms with Crippen molar-refractivity contribution in [2.24, 2.45) is 0 Å². The zero-order chi connectivity index (χ0) is 8.08. The Morgan fingerprint density at radius 2 is 1.15 bits per heavy atom. The van der Waals surface area contributed by atoms with Crippen LogP contribution < -0.4 is 93.8 Å². The molecule has 0 radical (unpaired) electrons. The molecule has 0 saturated carbocycles. The number of hydrogen-bond donors (Lipinski definition) is 2. The van der Waals surface area contributed by atoms with Crippen molar-refractivity contribution in [3.8, 4) is 0 Å². The van der Waals surface area contributed by atoms with Crippen LogP contribution in [0, 0.1) is 0 Å². The molecule has 0 aliphatic rings. The second-order valence-corrected chi connectivity index (χ2v) is 1.55. The molecule has 0 fully saturated rings. The standard InChI is InChI=1S/CH2O3.3Na.H2O4S.H2O/c2-1(3)4;;;;1-5(2,3)4;/h(H2,2,3,4);;;;(H2,1,2,3,4);1H2/q;3*+1;;/p-3. The minimum Gasteiger partial charge on any atom is -0.870 e. The topological polar surface area (TPSA) is 168 Å². The summed E-state index contributed by atoms with van der Waals surface area (Å²) in [6.07, 6.45) is -2.08. The third-order valence-corrected chi connectivity index (χ3v) is 0. The first-order chi connectivity index (χ1) is 3.73. The van der Waals surface area contributed by atoms with Gasteiger partial charge in [0, 0.05) is 0 Å². The van der Waals surface area contributed by atoms with Gasteiger partial charge in [0.05, 0.1) is 0 Å². The van der Waals surface area contributed by atoms with Crippen molar-refractivity contribution in [2.45, 2.75) is 0 Å². The first-order valence-corrected chi connectivity index (χ1v) is 2.68. The molecule has 0 aromatic heterocycles. The minimum absolute atomic E-state index is 0. The smallest absolute Gasteiger partial charge is 0.870 e. The summed E-state index contributed by atoms with van der Waals surface area (Å²) in [5.74, 6) is 0. The minimum atomic E-state index is -4.92. The van der Waals surface area contributed by atoms with Gasteiger partial charge >= 0.3 is 88.7 Å². The van der Waals surface area contributed by atoms with Gasteiger partial charge in [-0.05, 0) is 0 Å². The monoisotopic (exact) mass is 244 g/mol. The van der Waals surface area contributed by atoms with E-state index in [0.717, 1.165) is 0 Å². The molecule has 0 unspecified atom stereocenters. The second kappa shape index (κ2) is 19.6. The van der Waals surface area contributed by atoms with Gasteiger partial charge in [-0.15, -0.1) is 0 Å². The van der Waals surface area contributed by atoms with Crippen molar-refractivity contribution in [3.05, 3.63) is 0 Å². The van der Waals surface area contributed by atoms with Crippen LogP contribution in [0.1, 0.15) is 0 Å². The average Bonchev–Trinajstić information content (AvgIpc) is 1.19. The Hall–Kier alpha value is 2.10. The van der Waals surface area contributed by atoms with Crippen LogP contribution in [0.25, 0.3) is 0 Å². The third-order valence-electron chi connectivity index (χ3n) is 0. The molecule has 0 rings (SSSR count). The van der Waals surface area contributed by atoms with Crippen LogP contribution in [0.15, 0.2) is 0 Å². The van der Waals surface area contributed by atoms with Gasteiger partial charge in [-0.3, -0.25) is 4.55 Å². The number of carbonyl (C=O) groups is 1. The van der Waals surface area contributed by atoms with Gasteiger partial charge < -0.3 is 25.0 Å². The Balaban J connectivity index is -0.0000000146. The fraction of sp³-hybridized carbons (Fsp3) is 0. The Morgan fingerprint density at radius 1 is 1.15 bits per heavy atom. The van der Waals surface area contributed by atoms with Crippen LogP contribution in [-0.4, -0.2) is 34.3 Å². The van der Waals surface area contributed by atoms with E-state index >= 15 is 0 Å². The molecule has 64 valence electrons. The Labute approximate surface area is 141 Å². The molecule has 0 aliphatic heterocycles. The Morgan fingerprint density at radius 3 is 1.15 bits per heavy atom. The molecule has 13 heavy (non-hydrogen) atoms. The third kappa shape index (κ3) is 468. The van der Waals surface area contributed by atoms with Gasteiger partial charge in [-0.1, -0.05) is 0 Å². The van der Waals surface area contributed by atoms with Crippen molar-refractivity contribution in [3.63, 3.8) is 0 Å². The van der Waals surface area contributed by atoms with Crippen LogP contribution in [0.2, 0.25) is 0 Å². The van der Waals surface area contributed by atoms with Gasteiger partial charge in [-0.2, -0.15) is 0 Å². The molecule has 12 heteroatoms. The Kier molecular flexibility index (Phi) is 54.8. The summed E-state index contributed by atoms with van der Waals surface area (Å²) in [6.45, 7) is 0. The van der Waals surface area contributed by atoms with Gasteiger partial charge in [0.25, 0.3) is 0 Å².